The normalized spacial score (nSPS) is 21.5. The molecule has 0 saturated carbocycles. The third-order valence-corrected chi connectivity index (χ3v) is 7.23. The van der Waals surface area contributed by atoms with E-state index in [0.717, 1.165) is 81.5 Å². The zero-order valence-electron chi connectivity index (χ0n) is 17.5. The van der Waals surface area contributed by atoms with Crippen LogP contribution in [-0.4, -0.2) is 69.0 Å². The largest absolute Gasteiger partial charge is 0.376 e. The summed E-state index contributed by atoms with van der Waals surface area (Å²) in [5.74, 6) is 0.987. The molecule has 5 rings (SSSR count). The molecule has 2 saturated heterocycles. The van der Waals surface area contributed by atoms with Gasteiger partial charge >= 0.3 is 0 Å². The molecule has 2 aromatic heterocycles. The van der Waals surface area contributed by atoms with E-state index in [2.05, 4.69) is 56.5 Å². The van der Waals surface area contributed by atoms with Gasteiger partial charge in [-0.25, -0.2) is 9.67 Å². The highest BCUT2D eigenvalue weighted by molar-refractivity contribution is 7.22. The summed E-state index contributed by atoms with van der Waals surface area (Å²) in [4.78, 5) is 9.80. The van der Waals surface area contributed by atoms with Crippen LogP contribution in [0.5, 0.6) is 0 Å². The maximum Gasteiger partial charge on any atom is 0.186 e. The van der Waals surface area contributed by atoms with Crippen LogP contribution in [0.3, 0.4) is 0 Å². The Morgan fingerprint density at radius 1 is 1.20 bits per heavy atom. The number of rotatable bonds is 7. The Morgan fingerprint density at radius 2 is 2.07 bits per heavy atom. The first-order chi connectivity index (χ1) is 14.8. The summed E-state index contributed by atoms with van der Waals surface area (Å²) in [5, 5.41) is 13.9. The molecule has 9 heteroatoms. The Kier molecular flexibility index (Phi) is 5.92. The van der Waals surface area contributed by atoms with E-state index < -0.39 is 0 Å². The Morgan fingerprint density at radius 3 is 2.83 bits per heavy atom. The van der Waals surface area contributed by atoms with Gasteiger partial charge in [0.15, 0.2) is 11.0 Å². The van der Waals surface area contributed by atoms with Crippen LogP contribution in [-0.2, 0) is 11.3 Å². The molecule has 30 heavy (non-hydrogen) atoms. The second-order valence-electron chi connectivity index (χ2n) is 8.15. The van der Waals surface area contributed by atoms with E-state index in [4.69, 9.17) is 9.72 Å². The number of benzene rings is 1. The van der Waals surface area contributed by atoms with Gasteiger partial charge in [0.2, 0.25) is 0 Å². The van der Waals surface area contributed by atoms with Gasteiger partial charge in [0.05, 0.1) is 28.9 Å². The van der Waals surface area contributed by atoms with Gasteiger partial charge in [-0.1, -0.05) is 36.8 Å². The van der Waals surface area contributed by atoms with Crippen molar-refractivity contribution in [3.63, 3.8) is 0 Å². The Balaban J connectivity index is 1.28. The number of piperazine rings is 1. The van der Waals surface area contributed by atoms with Gasteiger partial charge in [-0.3, -0.25) is 4.90 Å². The standard InChI is InChI=1S/C21H29N7OS/c1-2-6-18(20-23-24-25-28(20)15-16-7-5-14-29-16)26-10-12-27(13-11-26)21-22-17-8-3-4-9-19(17)30-21/h3-4,8-9,16,18H,2,5-7,10-15H2,1H3/t16-,18+/m1/s1. The minimum Gasteiger partial charge on any atom is -0.376 e. The van der Waals surface area contributed by atoms with Gasteiger partial charge in [0.1, 0.15) is 0 Å². The van der Waals surface area contributed by atoms with Gasteiger partial charge in [-0.15, -0.1) is 5.10 Å². The molecule has 2 fully saturated rings. The summed E-state index contributed by atoms with van der Waals surface area (Å²) in [6.07, 6.45) is 4.64. The van der Waals surface area contributed by atoms with Gasteiger partial charge in [-0.05, 0) is 41.8 Å². The molecule has 160 valence electrons. The summed E-state index contributed by atoms with van der Waals surface area (Å²) in [6.45, 7) is 7.79. The molecule has 2 aliphatic rings. The second kappa shape index (κ2) is 8.95. The number of hydrogen-bond donors (Lipinski definition) is 0. The first-order valence-corrected chi connectivity index (χ1v) is 11.9. The number of nitrogens with zero attached hydrogens (tertiary/aromatic N) is 7. The number of thiazole rings is 1. The number of para-hydroxylation sites is 1. The van der Waals surface area contributed by atoms with Crippen molar-refractivity contribution in [3.8, 4) is 0 Å². The van der Waals surface area contributed by atoms with Gasteiger partial charge in [-0.2, -0.15) is 0 Å². The molecule has 0 spiro atoms. The first-order valence-electron chi connectivity index (χ1n) is 11.0. The van der Waals surface area contributed by atoms with E-state index in [9.17, 15) is 0 Å². The molecular weight excluding hydrogens is 398 g/mol. The van der Waals surface area contributed by atoms with Crippen LogP contribution in [0.25, 0.3) is 10.2 Å². The number of ether oxygens (including phenoxy) is 1. The second-order valence-corrected chi connectivity index (χ2v) is 9.15. The highest BCUT2D eigenvalue weighted by atomic mass is 32.1. The average molecular weight is 428 g/mol. The van der Waals surface area contributed by atoms with E-state index in [0.29, 0.717) is 0 Å². The fourth-order valence-electron chi connectivity index (χ4n) is 4.53. The molecular formula is C21H29N7OS. The highest BCUT2D eigenvalue weighted by Gasteiger charge is 2.30. The Labute approximate surface area is 180 Å². The zero-order chi connectivity index (χ0) is 20.3. The minimum absolute atomic E-state index is 0.241. The van der Waals surface area contributed by atoms with Crippen LogP contribution in [0.2, 0.25) is 0 Å². The smallest absolute Gasteiger partial charge is 0.186 e. The fraction of sp³-hybridized carbons (Fsp3) is 0.619. The summed E-state index contributed by atoms with van der Waals surface area (Å²) in [5.41, 5.74) is 1.09. The summed E-state index contributed by atoms with van der Waals surface area (Å²) >= 11 is 1.79. The molecule has 2 atom stereocenters. The minimum atomic E-state index is 0.241. The molecule has 0 radical (unpaired) electrons. The molecule has 0 unspecified atom stereocenters. The predicted molar refractivity (Wildman–Crippen MR) is 118 cm³/mol. The number of hydrogen-bond acceptors (Lipinski definition) is 8. The SMILES string of the molecule is CCC[C@@H](c1nnnn1C[C@H]1CCCO1)N1CCN(c2nc3ccccc3s2)CC1. The van der Waals surface area contributed by atoms with Crippen molar-refractivity contribution >= 4 is 26.7 Å². The molecule has 0 aliphatic carbocycles. The van der Waals surface area contributed by atoms with Crippen molar-refractivity contribution in [2.75, 3.05) is 37.7 Å². The van der Waals surface area contributed by atoms with Gasteiger partial charge in [0, 0.05) is 32.8 Å². The third kappa shape index (κ3) is 4.06. The van der Waals surface area contributed by atoms with Crippen LogP contribution >= 0.6 is 11.3 Å². The van der Waals surface area contributed by atoms with Crippen molar-refractivity contribution < 1.29 is 4.74 Å². The quantitative estimate of drug-likeness (QED) is 0.574. The molecule has 2 aliphatic heterocycles. The molecule has 0 N–H and O–H groups in total. The van der Waals surface area contributed by atoms with E-state index in [1.165, 1.54) is 4.70 Å². The van der Waals surface area contributed by atoms with E-state index >= 15 is 0 Å². The van der Waals surface area contributed by atoms with Gasteiger partial charge in [0.25, 0.3) is 0 Å². The van der Waals surface area contributed by atoms with E-state index in [1.807, 2.05) is 4.68 Å². The summed E-state index contributed by atoms with van der Waals surface area (Å²) < 4.78 is 9.05. The molecule has 3 aromatic rings. The predicted octanol–water partition coefficient (Wildman–Crippen LogP) is 3.13. The monoisotopic (exact) mass is 427 g/mol. The molecule has 0 bridgehead atoms. The fourth-order valence-corrected chi connectivity index (χ4v) is 5.55. The molecule has 1 aromatic carbocycles. The number of aromatic nitrogens is 5. The average Bonchev–Trinajstić information content (AvgIpc) is 3.53. The van der Waals surface area contributed by atoms with Gasteiger partial charge < -0.3 is 9.64 Å². The topological polar surface area (TPSA) is 72.2 Å². The van der Waals surface area contributed by atoms with Crippen LogP contribution < -0.4 is 4.90 Å². The van der Waals surface area contributed by atoms with Crippen LogP contribution in [0.1, 0.15) is 44.5 Å². The summed E-state index contributed by atoms with van der Waals surface area (Å²) in [6, 6.07) is 8.64. The number of tetrazole rings is 1. The lowest BCUT2D eigenvalue weighted by Crippen LogP contribution is -2.48. The van der Waals surface area contributed by atoms with Crippen LogP contribution in [0.4, 0.5) is 5.13 Å². The maximum atomic E-state index is 5.81. The van der Waals surface area contributed by atoms with Crippen LogP contribution in [0.15, 0.2) is 24.3 Å². The molecule has 0 amide bonds. The lowest BCUT2D eigenvalue weighted by Gasteiger charge is -2.38. The Bertz CT molecular complexity index is 926. The molecule has 8 nitrogen and oxygen atoms in total. The number of anilines is 1. The Hall–Kier alpha value is -2.10. The lowest BCUT2D eigenvalue weighted by atomic mass is 10.1. The lowest BCUT2D eigenvalue weighted by molar-refractivity contribution is 0.0891. The maximum absolute atomic E-state index is 5.81. The highest BCUT2D eigenvalue weighted by Crippen LogP contribution is 2.31. The molecule has 4 heterocycles. The van der Waals surface area contributed by atoms with Crippen molar-refractivity contribution in [3.05, 3.63) is 30.1 Å². The van der Waals surface area contributed by atoms with E-state index in [1.54, 1.807) is 11.3 Å². The van der Waals surface area contributed by atoms with Crippen LogP contribution in [0, 0.1) is 0 Å². The van der Waals surface area contributed by atoms with Crippen molar-refractivity contribution in [2.24, 2.45) is 0 Å². The number of fused-ring (bicyclic) bond motifs is 1. The van der Waals surface area contributed by atoms with Crippen molar-refractivity contribution in [1.29, 1.82) is 0 Å². The first kappa shape index (κ1) is 19.8. The summed E-state index contributed by atoms with van der Waals surface area (Å²) in [7, 11) is 0. The zero-order valence-corrected chi connectivity index (χ0v) is 18.3. The van der Waals surface area contributed by atoms with Crippen molar-refractivity contribution in [1.82, 2.24) is 30.1 Å². The van der Waals surface area contributed by atoms with Crippen molar-refractivity contribution in [2.45, 2.75) is 51.3 Å². The van der Waals surface area contributed by atoms with E-state index in [-0.39, 0.29) is 12.1 Å². The third-order valence-electron chi connectivity index (χ3n) is 6.13.